The molecular formula is C14H19Cl3N2O. The quantitative estimate of drug-likeness (QED) is 0.867. The average molecular weight is 338 g/mol. The maximum Gasteiger partial charge on any atom is 0.224 e. The molecule has 112 valence electrons. The van der Waals surface area contributed by atoms with Gasteiger partial charge in [0.1, 0.15) is 0 Å². The first-order chi connectivity index (χ1) is 9.15. The Hall–Kier alpha value is -0.480. The van der Waals surface area contributed by atoms with Crippen molar-refractivity contribution in [3.63, 3.8) is 0 Å². The molecule has 1 aromatic carbocycles. The minimum absolute atomic E-state index is 0. The summed E-state index contributed by atoms with van der Waals surface area (Å²) in [6, 6.07) is 5.12. The van der Waals surface area contributed by atoms with Gasteiger partial charge in [-0.1, -0.05) is 23.2 Å². The van der Waals surface area contributed by atoms with Crippen molar-refractivity contribution in [2.75, 3.05) is 18.4 Å². The standard InChI is InChI=1S/C14H18Cl2N2O.ClH/c15-12-3-2-11(9-13(12)16)18-14(19)4-1-10-5-7-17-8-6-10;/h2-3,9-10,17H,1,4-8H2,(H,18,19);1H. The zero-order valence-electron chi connectivity index (χ0n) is 11.1. The highest BCUT2D eigenvalue weighted by Gasteiger charge is 2.14. The van der Waals surface area contributed by atoms with Gasteiger partial charge in [-0.2, -0.15) is 0 Å². The van der Waals surface area contributed by atoms with E-state index in [1.807, 2.05) is 0 Å². The van der Waals surface area contributed by atoms with E-state index in [0.717, 1.165) is 19.5 Å². The van der Waals surface area contributed by atoms with Gasteiger partial charge < -0.3 is 10.6 Å². The predicted octanol–water partition coefficient (Wildman–Crippen LogP) is 4.13. The van der Waals surface area contributed by atoms with Crippen molar-refractivity contribution >= 4 is 47.2 Å². The number of anilines is 1. The molecule has 20 heavy (non-hydrogen) atoms. The van der Waals surface area contributed by atoms with Crippen molar-refractivity contribution in [1.82, 2.24) is 5.32 Å². The Morgan fingerprint density at radius 1 is 1.25 bits per heavy atom. The summed E-state index contributed by atoms with van der Waals surface area (Å²) in [5.74, 6) is 0.706. The van der Waals surface area contributed by atoms with Crippen molar-refractivity contribution in [1.29, 1.82) is 0 Å². The predicted molar refractivity (Wildman–Crippen MR) is 87.2 cm³/mol. The molecule has 1 saturated heterocycles. The van der Waals surface area contributed by atoms with Gasteiger partial charge >= 0.3 is 0 Å². The second kappa shape index (κ2) is 8.73. The van der Waals surface area contributed by atoms with Gasteiger partial charge in [-0.05, 0) is 56.5 Å². The maximum absolute atomic E-state index is 11.8. The van der Waals surface area contributed by atoms with E-state index < -0.39 is 0 Å². The Balaban J connectivity index is 0.00000200. The molecule has 0 bridgehead atoms. The van der Waals surface area contributed by atoms with Crippen molar-refractivity contribution in [3.05, 3.63) is 28.2 Å². The van der Waals surface area contributed by atoms with Crippen LogP contribution in [0.3, 0.4) is 0 Å². The van der Waals surface area contributed by atoms with Gasteiger partial charge in [-0.3, -0.25) is 4.79 Å². The molecule has 1 aliphatic heterocycles. The van der Waals surface area contributed by atoms with E-state index in [4.69, 9.17) is 23.2 Å². The highest BCUT2D eigenvalue weighted by molar-refractivity contribution is 6.42. The third-order valence-electron chi connectivity index (χ3n) is 3.44. The van der Waals surface area contributed by atoms with Crippen LogP contribution in [0.4, 0.5) is 5.69 Å². The van der Waals surface area contributed by atoms with Gasteiger partial charge in [0.25, 0.3) is 0 Å². The van der Waals surface area contributed by atoms with Crippen LogP contribution < -0.4 is 10.6 Å². The minimum atomic E-state index is 0. The van der Waals surface area contributed by atoms with Crippen LogP contribution in [0.1, 0.15) is 25.7 Å². The fraction of sp³-hybridized carbons (Fsp3) is 0.500. The maximum atomic E-state index is 11.8. The molecule has 0 unspecified atom stereocenters. The molecule has 0 radical (unpaired) electrons. The van der Waals surface area contributed by atoms with Crippen LogP contribution in [0, 0.1) is 5.92 Å². The number of hydrogen-bond acceptors (Lipinski definition) is 2. The summed E-state index contributed by atoms with van der Waals surface area (Å²) in [6.07, 6.45) is 3.85. The lowest BCUT2D eigenvalue weighted by Crippen LogP contribution is -2.28. The molecule has 1 fully saturated rings. The zero-order valence-corrected chi connectivity index (χ0v) is 13.5. The first-order valence-electron chi connectivity index (χ1n) is 6.61. The number of piperidine rings is 1. The van der Waals surface area contributed by atoms with E-state index in [1.54, 1.807) is 18.2 Å². The monoisotopic (exact) mass is 336 g/mol. The number of rotatable bonds is 4. The number of nitrogens with one attached hydrogen (secondary N) is 2. The Kier molecular flexibility index (Phi) is 7.67. The third kappa shape index (κ3) is 5.49. The van der Waals surface area contributed by atoms with Crippen LogP contribution >= 0.6 is 35.6 Å². The Labute approximate surface area is 135 Å². The molecule has 0 aliphatic carbocycles. The molecule has 2 rings (SSSR count). The number of hydrogen-bond donors (Lipinski definition) is 2. The molecule has 1 aliphatic rings. The van der Waals surface area contributed by atoms with Gasteiger partial charge in [0.05, 0.1) is 10.0 Å². The summed E-state index contributed by atoms with van der Waals surface area (Å²) in [5, 5.41) is 7.13. The summed E-state index contributed by atoms with van der Waals surface area (Å²) in [6.45, 7) is 2.14. The average Bonchev–Trinajstić information content (AvgIpc) is 2.42. The van der Waals surface area contributed by atoms with Gasteiger partial charge in [-0.25, -0.2) is 0 Å². The van der Waals surface area contributed by atoms with Crippen LogP contribution in [0.2, 0.25) is 10.0 Å². The third-order valence-corrected chi connectivity index (χ3v) is 4.18. The largest absolute Gasteiger partial charge is 0.326 e. The fourth-order valence-electron chi connectivity index (χ4n) is 2.30. The number of halogens is 3. The van der Waals surface area contributed by atoms with Gasteiger partial charge in [-0.15, -0.1) is 12.4 Å². The second-order valence-corrected chi connectivity index (χ2v) is 5.72. The first-order valence-corrected chi connectivity index (χ1v) is 7.36. The zero-order chi connectivity index (χ0) is 13.7. The Bertz CT molecular complexity index is 448. The van der Waals surface area contributed by atoms with Crippen LogP contribution in [0.5, 0.6) is 0 Å². The molecule has 0 spiro atoms. The number of amides is 1. The summed E-state index contributed by atoms with van der Waals surface area (Å²) in [4.78, 5) is 11.8. The molecule has 0 aromatic heterocycles. The number of carbonyl (C=O) groups is 1. The lowest BCUT2D eigenvalue weighted by Gasteiger charge is -2.22. The summed E-state index contributed by atoms with van der Waals surface area (Å²) in [7, 11) is 0. The molecule has 1 aromatic rings. The minimum Gasteiger partial charge on any atom is -0.326 e. The molecule has 6 heteroatoms. The van der Waals surface area contributed by atoms with E-state index in [2.05, 4.69) is 10.6 Å². The molecule has 3 nitrogen and oxygen atoms in total. The summed E-state index contributed by atoms with van der Waals surface area (Å²) >= 11 is 11.7. The normalized spacial score (nSPS) is 15.5. The highest BCUT2D eigenvalue weighted by atomic mass is 35.5. The van der Waals surface area contributed by atoms with Gasteiger partial charge in [0, 0.05) is 12.1 Å². The van der Waals surface area contributed by atoms with E-state index in [0.29, 0.717) is 28.1 Å². The van der Waals surface area contributed by atoms with Crippen LogP contribution in [0.15, 0.2) is 18.2 Å². The smallest absolute Gasteiger partial charge is 0.224 e. The molecular weight excluding hydrogens is 319 g/mol. The van der Waals surface area contributed by atoms with Crippen molar-refractivity contribution < 1.29 is 4.79 Å². The fourth-order valence-corrected chi connectivity index (χ4v) is 2.60. The van der Waals surface area contributed by atoms with E-state index in [-0.39, 0.29) is 18.3 Å². The van der Waals surface area contributed by atoms with Crippen molar-refractivity contribution in [3.8, 4) is 0 Å². The van der Waals surface area contributed by atoms with E-state index in [1.165, 1.54) is 12.8 Å². The van der Waals surface area contributed by atoms with E-state index >= 15 is 0 Å². The Morgan fingerprint density at radius 3 is 2.60 bits per heavy atom. The van der Waals surface area contributed by atoms with Crippen LogP contribution in [0.25, 0.3) is 0 Å². The summed E-state index contributed by atoms with van der Waals surface area (Å²) < 4.78 is 0. The topological polar surface area (TPSA) is 41.1 Å². The van der Waals surface area contributed by atoms with Crippen molar-refractivity contribution in [2.24, 2.45) is 5.92 Å². The molecule has 1 heterocycles. The van der Waals surface area contributed by atoms with Crippen molar-refractivity contribution in [2.45, 2.75) is 25.7 Å². The molecule has 1 amide bonds. The first kappa shape index (κ1) is 17.6. The van der Waals surface area contributed by atoms with Gasteiger partial charge in [0.15, 0.2) is 0 Å². The second-order valence-electron chi connectivity index (χ2n) is 4.91. The molecule has 0 saturated carbocycles. The highest BCUT2D eigenvalue weighted by Crippen LogP contribution is 2.25. The lowest BCUT2D eigenvalue weighted by atomic mass is 9.93. The molecule has 2 N–H and O–H groups in total. The molecule has 0 atom stereocenters. The summed E-state index contributed by atoms with van der Waals surface area (Å²) in [5.41, 5.74) is 0.699. The van der Waals surface area contributed by atoms with Crippen LogP contribution in [-0.2, 0) is 4.79 Å². The van der Waals surface area contributed by atoms with E-state index in [9.17, 15) is 4.79 Å². The van der Waals surface area contributed by atoms with Crippen LogP contribution in [-0.4, -0.2) is 19.0 Å². The number of benzene rings is 1. The SMILES string of the molecule is Cl.O=C(CCC1CCNCC1)Nc1ccc(Cl)c(Cl)c1. The lowest BCUT2D eigenvalue weighted by molar-refractivity contribution is -0.116. The Morgan fingerprint density at radius 2 is 1.95 bits per heavy atom. The van der Waals surface area contributed by atoms with Gasteiger partial charge in [0.2, 0.25) is 5.91 Å². The number of carbonyl (C=O) groups excluding carboxylic acids is 1.